The lowest BCUT2D eigenvalue weighted by atomic mass is 10.2. The van der Waals surface area contributed by atoms with Gasteiger partial charge in [-0.2, -0.15) is 26.3 Å². The van der Waals surface area contributed by atoms with E-state index < -0.39 is 31.1 Å². The zero-order valence-corrected chi connectivity index (χ0v) is 17.9. The fourth-order valence-electron chi connectivity index (χ4n) is 2.18. The number of halogens is 6. The zero-order valence-electron chi connectivity index (χ0n) is 16.2. The number of alkyl halides is 6. The Kier molecular flexibility index (Phi) is 8.67. The molecule has 1 heterocycles. The largest absolute Gasteiger partial charge is 0.480 e. The molecule has 0 unspecified atom stereocenters. The topological polar surface area (TPSA) is 91.2 Å². The Morgan fingerprint density at radius 2 is 1.42 bits per heavy atom. The lowest BCUT2D eigenvalue weighted by Crippen LogP contribution is -2.36. The van der Waals surface area contributed by atoms with Crippen LogP contribution in [0.4, 0.5) is 26.3 Å². The summed E-state index contributed by atoms with van der Waals surface area (Å²) in [5, 5.41) is 0. The summed E-state index contributed by atoms with van der Waals surface area (Å²) in [4.78, 5) is 0. The third kappa shape index (κ3) is 7.50. The molecular weight excluding hydrogens is 476 g/mol. The summed E-state index contributed by atoms with van der Waals surface area (Å²) in [6.07, 6.45) is 5.51. The van der Waals surface area contributed by atoms with Crippen molar-refractivity contribution in [2.75, 3.05) is 0 Å². The number of hydrogen-bond donors (Lipinski definition) is 0. The molecule has 0 saturated heterocycles. The molecule has 0 bridgehead atoms. The van der Waals surface area contributed by atoms with E-state index >= 15 is 0 Å². The van der Waals surface area contributed by atoms with Gasteiger partial charge in [0.1, 0.15) is 18.9 Å². The number of aromatic nitrogens is 2. The van der Waals surface area contributed by atoms with Crippen molar-refractivity contribution < 1.29 is 47.7 Å². The number of aryl methyl sites for hydroxylation is 1. The van der Waals surface area contributed by atoms with Gasteiger partial charge in [-0.05, 0) is 12.0 Å². The molecule has 0 atom stereocenters. The van der Waals surface area contributed by atoms with Gasteiger partial charge in [-0.1, -0.05) is 37.3 Å². The Hall–Kier alpha value is -2.13. The molecule has 2 rings (SSSR count). The lowest BCUT2D eigenvalue weighted by Gasteiger charge is -2.22. The van der Waals surface area contributed by atoms with E-state index in [0.717, 1.165) is 17.2 Å². The zero-order chi connectivity index (χ0) is 24.1. The highest BCUT2D eigenvalue weighted by Crippen LogP contribution is 2.36. The van der Waals surface area contributed by atoms with Gasteiger partial charge in [0, 0.05) is 6.92 Å². The average molecular weight is 495 g/mol. The van der Waals surface area contributed by atoms with Gasteiger partial charge < -0.3 is 4.13 Å². The maximum Gasteiger partial charge on any atom is 0.480 e. The van der Waals surface area contributed by atoms with Crippen molar-refractivity contribution >= 4 is 20.0 Å². The molecule has 0 saturated carbocycles. The molecule has 0 N–H and O–H groups in total. The summed E-state index contributed by atoms with van der Waals surface area (Å²) in [5.74, 6) is 1.32. The second kappa shape index (κ2) is 9.99. The molecule has 176 valence electrons. The number of imidazole rings is 1. The Bertz CT molecular complexity index is 1020. The van der Waals surface area contributed by atoms with Gasteiger partial charge in [-0.25, -0.2) is 26.0 Å². The molecule has 0 radical (unpaired) electrons. The Morgan fingerprint density at radius 3 is 1.84 bits per heavy atom. The summed E-state index contributed by atoms with van der Waals surface area (Å²) in [6, 6.07) is 10.6. The van der Waals surface area contributed by atoms with E-state index in [1.54, 1.807) is 0 Å². The van der Waals surface area contributed by atoms with Gasteiger partial charge >= 0.3 is 11.0 Å². The second-order valence-corrected chi connectivity index (χ2v) is 9.49. The quantitative estimate of drug-likeness (QED) is 0.452. The molecule has 1 aromatic heterocycles. The van der Waals surface area contributed by atoms with E-state index in [1.807, 2.05) is 0 Å². The lowest BCUT2D eigenvalue weighted by molar-refractivity contribution is -0.694. The Morgan fingerprint density at radius 1 is 0.935 bits per heavy atom. The van der Waals surface area contributed by atoms with E-state index in [9.17, 15) is 43.2 Å². The van der Waals surface area contributed by atoms with Crippen molar-refractivity contribution in [2.45, 2.75) is 44.4 Å². The van der Waals surface area contributed by atoms with Crippen LogP contribution in [0.25, 0.3) is 4.13 Å². The van der Waals surface area contributed by atoms with Crippen molar-refractivity contribution in [3.63, 3.8) is 0 Å². The smallest absolute Gasteiger partial charge is 0.421 e. The van der Waals surface area contributed by atoms with E-state index in [0.29, 0.717) is 0 Å². The standard InChI is InChI=1S/C14H19N2.C2F6NO4S2/c1-3-9-15-10-11-16(13(15)2)12-14-7-5-4-6-8-14;3-1(4,5)14(10,11)9-15(12,13)2(6,7)8/h4-8,10-11H,3,9,12H2,1-2H3;/q+1;-1. The van der Waals surface area contributed by atoms with Crippen LogP contribution in [0.15, 0.2) is 42.7 Å². The SMILES string of the molecule is CCCn1cc[n+](Cc2ccccc2)c1C.O=S(=O)([N-]S(=O)(=O)C(F)(F)F)C(F)(F)F. The van der Waals surface area contributed by atoms with Gasteiger partial charge in [0.05, 0.1) is 6.54 Å². The Balaban J connectivity index is 0.000000311. The van der Waals surface area contributed by atoms with Crippen molar-refractivity contribution in [1.29, 1.82) is 0 Å². The van der Waals surface area contributed by atoms with Crippen LogP contribution in [0.2, 0.25) is 0 Å². The third-order valence-corrected chi connectivity index (χ3v) is 6.44. The highest BCUT2D eigenvalue weighted by molar-refractivity contribution is 8.13. The molecule has 0 aliphatic carbocycles. The highest BCUT2D eigenvalue weighted by Gasteiger charge is 2.46. The van der Waals surface area contributed by atoms with Crippen molar-refractivity contribution in [1.82, 2.24) is 4.57 Å². The Labute approximate surface area is 175 Å². The molecule has 0 aliphatic rings. The molecule has 1 aromatic carbocycles. The fraction of sp³-hybridized carbons (Fsp3) is 0.438. The number of sulfonamides is 2. The minimum absolute atomic E-state index is 0.778. The van der Waals surface area contributed by atoms with Crippen LogP contribution in [0.5, 0.6) is 0 Å². The van der Waals surface area contributed by atoms with Crippen LogP contribution in [0, 0.1) is 6.92 Å². The molecule has 0 spiro atoms. The van der Waals surface area contributed by atoms with Gasteiger partial charge in [-0.15, -0.1) is 0 Å². The predicted molar refractivity (Wildman–Crippen MR) is 98.5 cm³/mol. The molecule has 31 heavy (non-hydrogen) atoms. The molecule has 7 nitrogen and oxygen atoms in total. The van der Waals surface area contributed by atoms with Crippen LogP contribution in [0.3, 0.4) is 0 Å². The van der Waals surface area contributed by atoms with Gasteiger partial charge in [-0.3, -0.25) is 0 Å². The highest BCUT2D eigenvalue weighted by atomic mass is 32.3. The first kappa shape index (κ1) is 26.9. The van der Waals surface area contributed by atoms with Crippen LogP contribution in [-0.4, -0.2) is 32.4 Å². The number of rotatable bonds is 6. The summed E-state index contributed by atoms with van der Waals surface area (Å²) in [6.45, 7) is 6.45. The van der Waals surface area contributed by atoms with E-state index in [4.69, 9.17) is 0 Å². The van der Waals surface area contributed by atoms with Gasteiger partial charge in [0.25, 0.3) is 5.82 Å². The summed E-state index contributed by atoms with van der Waals surface area (Å²) in [7, 11) is -13.4. The molecule has 2 aromatic rings. The first-order chi connectivity index (χ1) is 14.0. The summed E-state index contributed by atoms with van der Waals surface area (Å²) < 4.78 is 114. The van der Waals surface area contributed by atoms with Crippen LogP contribution in [-0.2, 0) is 33.1 Å². The first-order valence-electron chi connectivity index (χ1n) is 8.47. The normalized spacial score (nSPS) is 12.9. The second-order valence-electron chi connectivity index (χ2n) is 6.07. The predicted octanol–water partition coefficient (Wildman–Crippen LogP) is 3.60. The van der Waals surface area contributed by atoms with Crippen molar-refractivity contribution in [3.05, 3.63) is 58.2 Å². The minimum Gasteiger partial charge on any atom is -0.421 e. The molecule has 15 heteroatoms. The van der Waals surface area contributed by atoms with E-state index in [-0.39, 0.29) is 0 Å². The van der Waals surface area contributed by atoms with Crippen molar-refractivity contribution in [3.8, 4) is 0 Å². The van der Waals surface area contributed by atoms with Crippen LogP contribution < -0.4 is 4.57 Å². The summed E-state index contributed by atoms with van der Waals surface area (Å²) in [5.41, 5.74) is -11.1. The average Bonchev–Trinajstić information content (AvgIpc) is 2.94. The monoisotopic (exact) mass is 495 g/mol. The van der Waals surface area contributed by atoms with Crippen molar-refractivity contribution in [2.24, 2.45) is 0 Å². The minimum atomic E-state index is -6.72. The number of nitrogens with zero attached hydrogens (tertiary/aromatic N) is 3. The summed E-state index contributed by atoms with van der Waals surface area (Å²) >= 11 is 0. The molecular formula is C16H19F6N3O4S2. The van der Waals surface area contributed by atoms with Crippen LogP contribution >= 0.6 is 0 Å². The van der Waals surface area contributed by atoms with Crippen LogP contribution in [0.1, 0.15) is 24.7 Å². The van der Waals surface area contributed by atoms with E-state index in [2.05, 4.69) is 65.7 Å². The first-order valence-corrected chi connectivity index (χ1v) is 11.4. The number of benzene rings is 1. The molecule has 0 fully saturated rings. The number of hydrogen-bond acceptors (Lipinski definition) is 4. The third-order valence-electron chi connectivity index (χ3n) is 3.70. The fourth-order valence-corrected chi connectivity index (χ4v) is 3.89. The maximum absolute atomic E-state index is 11.4. The molecule has 0 aliphatic heterocycles. The van der Waals surface area contributed by atoms with Gasteiger partial charge in [0.15, 0.2) is 20.0 Å². The maximum atomic E-state index is 11.4. The molecule has 0 amide bonds. The van der Waals surface area contributed by atoms with E-state index in [1.165, 1.54) is 17.8 Å². The van der Waals surface area contributed by atoms with Gasteiger partial charge in [0.2, 0.25) is 0 Å².